The second-order valence-corrected chi connectivity index (χ2v) is 4.55. The van der Waals surface area contributed by atoms with E-state index in [0.717, 1.165) is 12.1 Å². The zero-order valence-corrected chi connectivity index (χ0v) is 12.0. The van der Waals surface area contributed by atoms with Crippen molar-refractivity contribution < 1.29 is 23.3 Å². The van der Waals surface area contributed by atoms with Crippen LogP contribution in [0.5, 0.6) is 0 Å². The minimum absolute atomic E-state index is 0.0935. The molecule has 0 saturated heterocycles. The predicted molar refractivity (Wildman–Crippen MR) is 77.2 cm³/mol. The molecular formula is C14H12FN3O5. The number of halogens is 1. The zero-order valence-electron chi connectivity index (χ0n) is 12.0. The minimum Gasteiger partial charge on any atom is -0.454 e. The van der Waals surface area contributed by atoms with E-state index in [1.165, 1.54) is 19.1 Å². The van der Waals surface area contributed by atoms with E-state index in [4.69, 9.17) is 4.42 Å². The Hall–Kier alpha value is -3.23. The van der Waals surface area contributed by atoms with Gasteiger partial charge < -0.3 is 15.1 Å². The molecule has 0 aliphatic heterocycles. The highest BCUT2D eigenvalue weighted by Crippen LogP contribution is 2.25. The van der Waals surface area contributed by atoms with Gasteiger partial charge >= 0.3 is 0 Å². The van der Waals surface area contributed by atoms with Gasteiger partial charge in [0.1, 0.15) is 17.3 Å². The van der Waals surface area contributed by atoms with E-state index in [2.05, 4.69) is 10.6 Å². The number of carbonyl (C=O) groups is 2. The molecule has 1 heterocycles. The Morgan fingerprint density at radius 2 is 2.04 bits per heavy atom. The van der Waals surface area contributed by atoms with Crippen LogP contribution in [0.1, 0.15) is 23.2 Å². The third-order valence-corrected chi connectivity index (χ3v) is 2.80. The fraction of sp³-hybridized carbons (Fsp3) is 0.143. The van der Waals surface area contributed by atoms with Crippen molar-refractivity contribution in [2.24, 2.45) is 0 Å². The molecule has 0 fully saturated rings. The van der Waals surface area contributed by atoms with Crippen LogP contribution in [0.3, 0.4) is 0 Å². The predicted octanol–water partition coefficient (Wildman–Crippen LogP) is 2.22. The van der Waals surface area contributed by atoms with Gasteiger partial charge in [-0.3, -0.25) is 19.7 Å². The van der Waals surface area contributed by atoms with Crippen LogP contribution >= 0.6 is 0 Å². The molecule has 23 heavy (non-hydrogen) atoms. The summed E-state index contributed by atoms with van der Waals surface area (Å²) in [7, 11) is 0. The van der Waals surface area contributed by atoms with E-state index in [0.29, 0.717) is 11.8 Å². The largest absolute Gasteiger partial charge is 0.454 e. The highest BCUT2D eigenvalue weighted by molar-refractivity contribution is 6.03. The molecule has 120 valence electrons. The fourth-order valence-electron chi connectivity index (χ4n) is 1.75. The Morgan fingerprint density at radius 3 is 2.70 bits per heavy atom. The summed E-state index contributed by atoms with van der Waals surface area (Å²) < 4.78 is 18.3. The van der Waals surface area contributed by atoms with Crippen molar-refractivity contribution in [3.8, 4) is 0 Å². The van der Waals surface area contributed by atoms with Crippen molar-refractivity contribution >= 4 is 23.2 Å². The number of hydrogen-bond acceptors (Lipinski definition) is 5. The first-order valence-corrected chi connectivity index (χ1v) is 6.45. The SMILES string of the molecule is CC(=O)NCc1ccc(C(=O)Nc2ccc(F)cc2[N+](=O)[O-])o1. The number of amides is 2. The minimum atomic E-state index is -0.803. The quantitative estimate of drug-likeness (QED) is 0.647. The Bertz CT molecular complexity index is 772. The number of benzene rings is 1. The molecule has 2 aromatic rings. The number of carbonyl (C=O) groups excluding carboxylic acids is 2. The van der Waals surface area contributed by atoms with Crippen LogP contribution < -0.4 is 10.6 Å². The molecule has 9 heteroatoms. The molecule has 0 saturated carbocycles. The topological polar surface area (TPSA) is 114 Å². The maximum Gasteiger partial charge on any atom is 0.295 e. The van der Waals surface area contributed by atoms with E-state index < -0.39 is 22.3 Å². The molecule has 2 rings (SSSR count). The van der Waals surface area contributed by atoms with Gasteiger partial charge in [-0.15, -0.1) is 0 Å². The standard InChI is InChI=1S/C14H12FN3O5/c1-8(19)16-7-10-3-5-13(23-10)14(20)17-11-4-2-9(15)6-12(11)18(21)22/h2-6H,7H2,1H3,(H,16,19)(H,17,20). The lowest BCUT2D eigenvalue weighted by Gasteiger charge is -2.04. The molecule has 8 nitrogen and oxygen atoms in total. The summed E-state index contributed by atoms with van der Waals surface area (Å²) in [6.07, 6.45) is 0. The molecule has 0 aliphatic rings. The van der Waals surface area contributed by atoms with E-state index in [1.807, 2.05) is 0 Å². The van der Waals surface area contributed by atoms with E-state index in [9.17, 15) is 24.1 Å². The Kier molecular flexibility index (Phi) is 4.69. The van der Waals surface area contributed by atoms with E-state index in [-0.39, 0.29) is 23.9 Å². The number of hydrogen-bond donors (Lipinski definition) is 2. The van der Waals surface area contributed by atoms with Crippen LogP contribution in [-0.2, 0) is 11.3 Å². The second kappa shape index (κ2) is 6.69. The van der Waals surface area contributed by atoms with Crippen LogP contribution in [0.15, 0.2) is 34.7 Å². The summed E-state index contributed by atoms with van der Waals surface area (Å²) in [4.78, 5) is 32.9. The maximum atomic E-state index is 13.1. The number of nitrogens with zero attached hydrogens (tertiary/aromatic N) is 1. The summed E-state index contributed by atoms with van der Waals surface area (Å²) in [5.74, 6) is -1.52. The van der Waals surface area contributed by atoms with Crippen molar-refractivity contribution in [2.75, 3.05) is 5.32 Å². The molecule has 1 aromatic carbocycles. The van der Waals surface area contributed by atoms with E-state index >= 15 is 0 Å². The number of nitro benzene ring substituents is 1. The molecule has 0 bridgehead atoms. The number of anilines is 1. The lowest BCUT2D eigenvalue weighted by atomic mass is 10.2. The van der Waals surface area contributed by atoms with Crippen LogP contribution in [0.2, 0.25) is 0 Å². The Labute approximate surface area is 129 Å². The van der Waals surface area contributed by atoms with Crippen molar-refractivity contribution in [1.29, 1.82) is 0 Å². The molecule has 0 radical (unpaired) electrons. The van der Waals surface area contributed by atoms with Crippen molar-refractivity contribution in [3.05, 3.63) is 57.8 Å². The molecule has 2 N–H and O–H groups in total. The number of rotatable bonds is 5. The highest BCUT2D eigenvalue weighted by Gasteiger charge is 2.19. The van der Waals surface area contributed by atoms with Gasteiger partial charge in [0.15, 0.2) is 5.76 Å². The smallest absolute Gasteiger partial charge is 0.295 e. The van der Waals surface area contributed by atoms with Crippen LogP contribution in [-0.4, -0.2) is 16.7 Å². The average Bonchev–Trinajstić information content (AvgIpc) is 2.95. The van der Waals surface area contributed by atoms with Crippen molar-refractivity contribution in [3.63, 3.8) is 0 Å². The van der Waals surface area contributed by atoms with Crippen molar-refractivity contribution in [1.82, 2.24) is 5.32 Å². The third-order valence-electron chi connectivity index (χ3n) is 2.80. The van der Waals surface area contributed by atoms with Gasteiger partial charge in [0.2, 0.25) is 5.91 Å². The molecule has 1 aromatic heterocycles. The molecule has 2 amide bonds. The Morgan fingerprint density at radius 1 is 1.30 bits per heavy atom. The summed E-state index contributed by atoms with van der Waals surface area (Å²) in [6.45, 7) is 1.45. The first kappa shape index (κ1) is 16.1. The normalized spacial score (nSPS) is 10.2. The second-order valence-electron chi connectivity index (χ2n) is 4.55. The zero-order chi connectivity index (χ0) is 17.0. The van der Waals surface area contributed by atoms with Gasteiger partial charge in [-0.25, -0.2) is 4.39 Å². The third kappa shape index (κ3) is 4.13. The lowest BCUT2D eigenvalue weighted by molar-refractivity contribution is -0.384. The van der Waals surface area contributed by atoms with Crippen LogP contribution in [0.4, 0.5) is 15.8 Å². The first-order chi connectivity index (χ1) is 10.9. The van der Waals surface area contributed by atoms with Crippen molar-refractivity contribution in [2.45, 2.75) is 13.5 Å². The van der Waals surface area contributed by atoms with Gasteiger partial charge in [-0.2, -0.15) is 0 Å². The summed E-state index contributed by atoms with van der Waals surface area (Å²) in [5.41, 5.74) is -0.718. The molecule has 0 aliphatic carbocycles. The average molecular weight is 321 g/mol. The highest BCUT2D eigenvalue weighted by atomic mass is 19.1. The van der Waals surface area contributed by atoms with Gasteiger partial charge in [0.05, 0.1) is 17.5 Å². The van der Waals surface area contributed by atoms with E-state index in [1.54, 1.807) is 0 Å². The number of nitro groups is 1. The molecule has 0 unspecified atom stereocenters. The van der Waals surface area contributed by atoms with Crippen LogP contribution in [0, 0.1) is 15.9 Å². The monoisotopic (exact) mass is 321 g/mol. The number of furan rings is 1. The van der Waals surface area contributed by atoms with Crippen LogP contribution in [0.25, 0.3) is 0 Å². The fourth-order valence-corrected chi connectivity index (χ4v) is 1.75. The molecule has 0 spiro atoms. The summed E-state index contributed by atoms with van der Waals surface area (Å²) in [5, 5.41) is 15.7. The lowest BCUT2D eigenvalue weighted by Crippen LogP contribution is -2.18. The Balaban J connectivity index is 2.13. The van der Waals surface area contributed by atoms with Gasteiger partial charge in [0, 0.05) is 6.92 Å². The number of nitrogens with one attached hydrogen (secondary N) is 2. The van der Waals surface area contributed by atoms with Gasteiger partial charge in [0.25, 0.3) is 11.6 Å². The summed E-state index contributed by atoms with van der Waals surface area (Å²) in [6, 6.07) is 5.64. The summed E-state index contributed by atoms with van der Waals surface area (Å²) >= 11 is 0. The molecule has 0 atom stereocenters. The molecular weight excluding hydrogens is 309 g/mol. The van der Waals surface area contributed by atoms with Gasteiger partial charge in [-0.1, -0.05) is 0 Å². The van der Waals surface area contributed by atoms with Gasteiger partial charge in [-0.05, 0) is 24.3 Å². The maximum absolute atomic E-state index is 13.1. The first-order valence-electron chi connectivity index (χ1n) is 6.45.